The largest absolute Gasteiger partial charge is 0.368 e. The molecule has 2 aromatic carbocycles. The first kappa shape index (κ1) is 16.7. The summed E-state index contributed by atoms with van der Waals surface area (Å²) in [6.07, 6.45) is 0.422. The molecule has 0 saturated heterocycles. The molecule has 0 aromatic heterocycles. The lowest BCUT2D eigenvalue weighted by atomic mass is 9.92. The van der Waals surface area contributed by atoms with E-state index in [0.717, 1.165) is 22.4 Å². The Morgan fingerprint density at radius 1 is 1.04 bits per heavy atom. The summed E-state index contributed by atoms with van der Waals surface area (Å²) in [6.45, 7) is 7.53. The van der Waals surface area contributed by atoms with Crippen LogP contribution in [0, 0.1) is 0 Å². The van der Waals surface area contributed by atoms with Gasteiger partial charge in [-0.25, -0.2) is 0 Å². The van der Waals surface area contributed by atoms with Crippen molar-refractivity contribution >= 4 is 11.6 Å². The summed E-state index contributed by atoms with van der Waals surface area (Å²) in [5.41, 5.74) is 8.15. The van der Waals surface area contributed by atoms with E-state index in [9.17, 15) is 4.79 Å². The number of hydrogen-bond acceptors (Lipinski definition) is 2. The van der Waals surface area contributed by atoms with Crippen molar-refractivity contribution < 1.29 is 4.79 Å². The minimum absolute atomic E-state index is 0.422. The van der Waals surface area contributed by atoms with E-state index in [1.807, 2.05) is 67.6 Å². The second kappa shape index (κ2) is 7.05. The van der Waals surface area contributed by atoms with Crippen LogP contribution in [0.2, 0.25) is 0 Å². The van der Waals surface area contributed by atoms with E-state index in [4.69, 9.17) is 10.7 Å². The van der Waals surface area contributed by atoms with Gasteiger partial charge < -0.3 is 5.73 Å². The molecular weight excluding hydrogens is 284 g/mol. The molecule has 0 heterocycles. The molecule has 23 heavy (non-hydrogen) atoms. The molecule has 1 atom stereocenters. The highest BCUT2D eigenvalue weighted by molar-refractivity contribution is 6.14. The van der Waals surface area contributed by atoms with E-state index < -0.39 is 11.4 Å². The van der Waals surface area contributed by atoms with Crippen LogP contribution in [0.25, 0.3) is 0 Å². The maximum Gasteiger partial charge on any atom is 0.245 e. The normalized spacial score (nSPS) is 13.0. The average molecular weight is 306 g/mol. The summed E-state index contributed by atoms with van der Waals surface area (Å²) in [6, 6.07) is 19.6. The molecule has 2 aromatic rings. The van der Waals surface area contributed by atoms with Gasteiger partial charge in [-0.05, 0) is 13.8 Å². The predicted molar refractivity (Wildman–Crippen MR) is 95.6 cm³/mol. The van der Waals surface area contributed by atoms with Gasteiger partial charge in [0, 0.05) is 17.5 Å². The Morgan fingerprint density at radius 2 is 1.48 bits per heavy atom. The molecule has 0 fully saturated rings. The number of hydrogen-bond donors (Lipinski definition) is 1. The summed E-state index contributed by atoms with van der Waals surface area (Å²) >= 11 is 0. The smallest absolute Gasteiger partial charge is 0.245 e. The van der Waals surface area contributed by atoms with Gasteiger partial charge in [0.2, 0.25) is 5.91 Å². The maximum atomic E-state index is 12.0. The third-order valence-corrected chi connectivity index (χ3v) is 3.63. The highest BCUT2D eigenvalue weighted by Gasteiger charge is 2.31. The van der Waals surface area contributed by atoms with Gasteiger partial charge in [0.15, 0.2) is 0 Å². The van der Waals surface area contributed by atoms with Crippen molar-refractivity contribution in [1.29, 1.82) is 0 Å². The quantitative estimate of drug-likeness (QED) is 0.641. The van der Waals surface area contributed by atoms with Crippen LogP contribution in [0.15, 0.2) is 77.8 Å². The van der Waals surface area contributed by atoms with E-state index in [1.54, 1.807) is 6.92 Å². The number of amides is 1. The Hall–Kier alpha value is -2.68. The number of carbonyl (C=O) groups excluding carboxylic acids is 1. The van der Waals surface area contributed by atoms with Crippen LogP contribution in [0.4, 0.5) is 0 Å². The van der Waals surface area contributed by atoms with Crippen molar-refractivity contribution in [3.05, 3.63) is 83.9 Å². The van der Waals surface area contributed by atoms with Crippen LogP contribution in [0.3, 0.4) is 0 Å². The van der Waals surface area contributed by atoms with E-state index in [2.05, 4.69) is 6.58 Å². The molecule has 0 spiro atoms. The zero-order valence-electron chi connectivity index (χ0n) is 13.6. The van der Waals surface area contributed by atoms with Crippen molar-refractivity contribution in [3.63, 3.8) is 0 Å². The molecule has 0 aliphatic rings. The second-order valence-corrected chi connectivity index (χ2v) is 5.96. The van der Waals surface area contributed by atoms with Crippen LogP contribution < -0.4 is 5.73 Å². The van der Waals surface area contributed by atoms with Crippen molar-refractivity contribution in [3.8, 4) is 0 Å². The first-order valence-electron chi connectivity index (χ1n) is 7.57. The fourth-order valence-corrected chi connectivity index (χ4v) is 2.50. The first-order valence-corrected chi connectivity index (χ1v) is 7.57. The fourth-order valence-electron chi connectivity index (χ4n) is 2.50. The van der Waals surface area contributed by atoms with Gasteiger partial charge >= 0.3 is 0 Å². The Morgan fingerprint density at radius 3 is 1.83 bits per heavy atom. The Balaban J connectivity index is 2.61. The lowest BCUT2D eigenvalue weighted by Gasteiger charge is -2.24. The van der Waals surface area contributed by atoms with Gasteiger partial charge in [-0.2, -0.15) is 0 Å². The second-order valence-electron chi connectivity index (χ2n) is 5.96. The fraction of sp³-hybridized carbons (Fsp3) is 0.200. The summed E-state index contributed by atoms with van der Waals surface area (Å²) in [4.78, 5) is 16.8. The van der Waals surface area contributed by atoms with Gasteiger partial charge in [-0.15, -0.1) is 6.58 Å². The molecule has 0 aliphatic carbocycles. The predicted octanol–water partition coefficient (Wildman–Crippen LogP) is 3.73. The van der Waals surface area contributed by atoms with Crippen LogP contribution in [0.1, 0.15) is 31.4 Å². The number of rotatable bonds is 6. The number of benzene rings is 2. The molecule has 3 heteroatoms. The van der Waals surface area contributed by atoms with E-state index in [-0.39, 0.29) is 0 Å². The summed E-state index contributed by atoms with van der Waals surface area (Å²) in [5.74, 6) is -0.454. The third kappa shape index (κ3) is 4.16. The van der Waals surface area contributed by atoms with Crippen LogP contribution in [-0.4, -0.2) is 17.2 Å². The zero-order valence-corrected chi connectivity index (χ0v) is 13.6. The summed E-state index contributed by atoms with van der Waals surface area (Å²) < 4.78 is 0. The van der Waals surface area contributed by atoms with Gasteiger partial charge in [-0.1, -0.05) is 66.2 Å². The van der Waals surface area contributed by atoms with E-state index in [0.29, 0.717) is 6.42 Å². The Kier molecular flexibility index (Phi) is 5.12. The first-order chi connectivity index (χ1) is 10.9. The lowest BCUT2D eigenvalue weighted by Crippen LogP contribution is -2.40. The van der Waals surface area contributed by atoms with Gasteiger partial charge in [0.05, 0.1) is 5.71 Å². The molecule has 0 radical (unpaired) electrons. The number of nitrogens with two attached hydrogens (primary N) is 1. The lowest BCUT2D eigenvalue weighted by molar-refractivity contribution is -0.122. The SMILES string of the molecule is C=C(C)CC(C)(N=C(c1ccccc1)c1ccccc1)C(N)=O. The summed E-state index contributed by atoms with van der Waals surface area (Å²) in [5, 5.41) is 0. The molecule has 1 unspecified atom stereocenters. The average Bonchev–Trinajstić information content (AvgIpc) is 2.53. The standard InChI is InChI=1S/C20H22N2O/c1-15(2)14-20(3,19(21)23)22-18(16-10-6-4-7-11-16)17-12-8-5-9-13-17/h4-13H,1,14H2,2-3H3,(H2,21,23). The van der Waals surface area contributed by atoms with E-state index >= 15 is 0 Å². The molecule has 3 nitrogen and oxygen atoms in total. The van der Waals surface area contributed by atoms with Crippen LogP contribution >= 0.6 is 0 Å². The molecule has 118 valence electrons. The van der Waals surface area contributed by atoms with Crippen molar-refractivity contribution in [2.75, 3.05) is 0 Å². The van der Waals surface area contributed by atoms with E-state index in [1.165, 1.54) is 0 Å². The Bertz CT molecular complexity index is 678. The van der Waals surface area contributed by atoms with Crippen LogP contribution in [-0.2, 0) is 4.79 Å². The van der Waals surface area contributed by atoms with Gasteiger partial charge in [-0.3, -0.25) is 9.79 Å². The monoisotopic (exact) mass is 306 g/mol. The van der Waals surface area contributed by atoms with Crippen molar-refractivity contribution in [2.24, 2.45) is 10.7 Å². The molecule has 2 N–H and O–H groups in total. The number of primary amides is 1. The maximum absolute atomic E-state index is 12.0. The van der Waals surface area contributed by atoms with Gasteiger partial charge in [0.1, 0.15) is 5.54 Å². The summed E-state index contributed by atoms with van der Waals surface area (Å²) in [7, 11) is 0. The minimum atomic E-state index is -1.02. The highest BCUT2D eigenvalue weighted by atomic mass is 16.1. The highest BCUT2D eigenvalue weighted by Crippen LogP contribution is 2.23. The number of nitrogens with zero attached hydrogens (tertiary/aromatic N) is 1. The molecule has 0 saturated carbocycles. The number of carbonyl (C=O) groups is 1. The topological polar surface area (TPSA) is 55.4 Å². The Labute approximate surface area is 137 Å². The molecule has 2 rings (SSSR count). The number of aliphatic imine (C=N–C) groups is 1. The van der Waals surface area contributed by atoms with Crippen molar-refractivity contribution in [2.45, 2.75) is 25.8 Å². The van der Waals surface area contributed by atoms with Crippen LogP contribution in [0.5, 0.6) is 0 Å². The van der Waals surface area contributed by atoms with Crippen molar-refractivity contribution in [1.82, 2.24) is 0 Å². The molecule has 0 aliphatic heterocycles. The third-order valence-electron chi connectivity index (χ3n) is 3.63. The minimum Gasteiger partial charge on any atom is -0.368 e. The molecular formula is C20H22N2O. The molecule has 1 amide bonds. The van der Waals surface area contributed by atoms with Gasteiger partial charge in [0.25, 0.3) is 0 Å². The zero-order chi connectivity index (χ0) is 16.9. The molecule has 0 bridgehead atoms.